The fourth-order valence-electron chi connectivity index (χ4n) is 1.82. The van der Waals surface area contributed by atoms with Crippen LogP contribution in [-0.4, -0.2) is 23.8 Å². The quantitative estimate of drug-likeness (QED) is 0.766. The second-order valence-corrected chi connectivity index (χ2v) is 4.99. The van der Waals surface area contributed by atoms with Gasteiger partial charge in [0.25, 0.3) is 0 Å². The van der Waals surface area contributed by atoms with E-state index in [0.717, 1.165) is 0 Å². The molecule has 0 saturated heterocycles. The first-order valence-corrected chi connectivity index (χ1v) is 6.35. The lowest BCUT2D eigenvalue weighted by Crippen LogP contribution is -2.50. The number of carbonyl (C=O) groups is 1. The maximum atomic E-state index is 13.7. The van der Waals surface area contributed by atoms with Gasteiger partial charge in [0.15, 0.2) is 0 Å². The minimum absolute atomic E-state index is 0.121. The van der Waals surface area contributed by atoms with E-state index in [4.69, 9.17) is 5.11 Å². The van der Waals surface area contributed by atoms with E-state index in [1.165, 1.54) is 6.07 Å². The molecule has 1 rings (SSSR count). The largest absolute Gasteiger partial charge is 0.394 e. The molecule has 1 unspecified atom stereocenters. The summed E-state index contributed by atoms with van der Waals surface area (Å²) in [4.78, 5) is 11.8. The van der Waals surface area contributed by atoms with Crippen molar-refractivity contribution in [1.82, 2.24) is 10.6 Å². The molecule has 0 heterocycles. The Hall–Kier alpha value is -1.62. The van der Waals surface area contributed by atoms with Crippen molar-refractivity contribution in [2.75, 3.05) is 6.61 Å². The van der Waals surface area contributed by atoms with Crippen LogP contribution in [0, 0.1) is 5.82 Å². The number of nitrogens with one attached hydrogen (secondary N) is 2. The summed E-state index contributed by atoms with van der Waals surface area (Å²) >= 11 is 0. The van der Waals surface area contributed by atoms with Crippen molar-refractivity contribution in [3.8, 4) is 0 Å². The zero-order valence-electron chi connectivity index (χ0n) is 11.5. The third kappa shape index (κ3) is 4.21. The van der Waals surface area contributed by atoms with Gasteiger partial charge in [-0.25, -0.2) is 9.18 Å². The lowest BCUT2D eigenvalue weighted by atomic mass is 9.94. The molecule has 0 fully saturated rings. The van der Waals surface area contributed by atoms with E-state index in [1.54, 1.807) is 32.0 Å². The number of urea groups is 1. The van der Waals surface area contributed by atoms with Crippen LogP contribution in [0.25, 0.3) is 0 Å². The zero-order chi connectivity index (χ0) is 14.5. The number of aliphatic hydroxyl groups is 1. The minimum Gasteiger partial charge on any atom is -0.394 e. The predicted molar refractivity (Wildman–Crippen MR) is 72.3 cm³/mol. The summed E-state index contributed by atoms with van der Waals surface area (Å²) in [6, 6.07) is 5.61. The highest BCUT2D eigenvalue weighted by Crippen LogP contribution is 2.22. The van der Waals surface area contributed by atoms with Gasteiger partial charge in [0.1, 0.15) is 5.82 Å². The van der Waals surface area contributed by atoms with Gasteiger partial charge in [0.05, 0.1) is 18.2 Å². The number of amides is 2. The van der Waals surface area contributed by atoms with Crippen LogP contribution >= 0.6 is 0 Å². The number of halogens is 1. The molecule has 2 amide bonds. The average Bonchev–Trinajstić information content (AvgIpc) is 2.35. The summed E-state index contributed by atoms with van der Waals surface area (Å²) in [6.45, 7) is 5.20. The number of carbonyl (C=O) groups excluding carboxylic acids is 1. The second-order valence-electron chi connectivity index (χ2n) is 4.99. The lowest BCUT2D eigenvalue weighted by Gasteiger charge is -2.28. The van der Waals surface area contributed by atoms with E-state index in [0.29, 0.717) is 12.0 Å². The fraction of sp³-hybridized carbons (Fsp3) is 0.500. The first kappa shape index (κ1) is 15.4. The first-order chi connectivity index (χ1) is 8.90. The summed E-state index contributed by atoms with van der Waals surface area (Å²) < 4.78 is 13.7. The Bertz CT molecular complexity index is 431. The van der Waals surface area contributed by atoms with E-state index >= 15 is 0 Å². The molecule has 3 N–H and O–H groups in total. The molecule has 4 nitrogen and oxygen atoms in total. The molecule has 1 aromatic carbocycles. The van der Waals surface area contributed by atoms with Crippen molar-refractivity contribution in [2.45, 2.75) is 38.8 Å². The van der Waals surface area contributed by atoms with Crippen LogP contribution in [0.1, 0.15) is 32.8 Å². The zero-order valence-corrected chi connectivity index (χ0v) is 11.5. The van der Waals surface area contributed by atoms with Gasteiger partial charge < -0.3 is 15.7 Å². The Morgan fingerprint density at radius 1 is 1.42 bits per heavy atom. The molecule has 0 aliphatic rings. The van der Waals surface area contributed by atoms with E-state index < -0.39 is 11.6 Å². The first-order valence-electron chi connectivity index (χ1n) is 6.35. The van der Waals surface area contributed by atoms with Crippen molar-refractivity contribution >= 4 is 6.03 Å². The van der Waals surface area contributed by atoms with Crippen LogP contribution in [0.4, 0.5) is 9.18 Å². The van der Waals surface area contributed by atoms with Gasteiger partial charge in [-0.2, -0.15) is 0 Å². The Morgan fingerprint density at radius 2 is 2.05 bits per heavy atom. The Balaban J connectivity index is 2.74. The van der Waals surface area contributed by atoms with E-state index in [-0.39, 0.29) is 18.5 Å². The Labute approximate surface area is 113 Å². The fourth-order valence-corrected chi connectivity index (χ4v) is 1.82. The summed E-state index contributed by atoms with van der Waals surface area (Å²) in [7, 11) is 0. The average molecular weight is 268 g/mol. The molecule has 0 spiro atoms. The summed E-state index contributed by atoms with van der Waals surface area (Å²) in [6.07, 6.45) is 0.629. The van der Waals surface area contributed by atoms with Gasteiger partial charge in [-0.3, -0.25) is 0 Å². The highest BCUT2D eigenvalue weighted by atomic mass is 19.1. The number of benzene rings is 1. The lowest BCUT2D eigenvalue weighted by molar-refractivity contribution is 0.206. The molecular formula is C14H21FN2O2. The second kappa shape index (κ2) is 6.52. The third-order valence-electron chi connectivity index (χ3n) is 3.02. The van der Waals surface area contributed by atoms with Crippen molar-refractivity contribution in [3.63, 3.8) is 0 Å². The Kier molecular flexibility index (Phi) is 5.30. The molecule has 0 saturated carbocycles. The molecule has 5 heteroatoms. The number of aliphatic hydroxyl groups excluding tert-OH is 1. The molecule has 106 valence electrons. The molecule has 0 aromatic heterocycles. The van der Waals surface area contributed by atoms with E-state index in [2.05, 4.69) is 10.6 Å². The minimum atomic E-state index is -0.830. The monoisotopic (exact) mass is 268 g/mol. The Morgan fingerprint density at radius 3 is 2.58 bits per heavy atom. The standard InChI is InChI=1S/C14H21FN2O2/c1-4-10(9-18)16-13(19)17-14(2,3)11-7-5-6-8-12(11)15/h5-8,10,18H,4,9H2,1-3H3,(H2,16,17,19). The van der Waals surface area contributed by atoms with Gasteiger partial charge in [-0.05, 0) is 26.3 Å². The third-order valence-corrected chi connectivity index (χ3v) is 3.02. The maximum Gasteiger partial charge on any atom is 0.315 e. The van der Waals surface area contributed by atoms with Crippen LogP contribution in [-0.2, 0) is 5.54 Å². The summed E-state index contributed by atoms with van der Waals surface area (Å²) in [5.41, 5.74) is -0.411. The highest BCUT2D eigenvalue weighted by molar-refractivity contribution is 5.75. The van der Waals surface area contributed by atoms with Crippen molar-refractivity contribution in [3.05, 3.63) is 35.6 Å². The van der Waals surface area contributed by atoms with Gasteiger partial charge in [0, 0.05) is 5.56 Å². The molecule has 0 aliphatic carbocycles. The van der Waals surface area contributed by atoms with Crippen LogP contribution in [0.2, 0.25) is 0 Å². The van der Waals surface area contributed by atoms with Crippen molar-refractivity contribution in [2.24, 2.45) is 0 Å². The van der Waals surface area contributed by atoms with Gasteiger partial charge in [-0.1, -0.05) is 25.1 Å². The van der Waals surface area contributed by atoms with Crippen molar-refractivity contribution < 1.29 is 14.3 Å². The molecule has 0 bridgehead atoms. The normalized spacial score (nSPS) is 12.9. The summed E-state index contributed by atoms with van der Waals surface area (Å²) in [5, 5.41) is 14.4. The molecule has 1 aromatic rings. The van der Waals surface area contributed by atoms with Gasteiger partial charge >= 0.3 is 6.03 Å². The number of rotatable bonds is 5. The molecule has 1 atom stereocenters. The van der Waals surface area contributed by atoms with Crippen LogP contribution in [0.3, 0.4) is 0 Å². The summed E-state index contributed by atoms with van der Waals surface area (Å²) in [5.74, 6) is -0.359. The number of hydrogen-bond donors (Lipinski definition) is 3. The van der Waals surface area contributed by atoms with E-state index in [9.17, 15) is 9.18 Å². The van der Waals surface area contributed by atoms with E-state index in [1.807, 2.05) is 6.92 Å². The molecular weight excluding hydrogens is 247 g/mol. The molecule has 0 aliphatic heterocycles. The van der Waals surface area contributed by atoms with Crippen LogP contribution in [0.5, 0.6) is 0 Å². The predicted octanol–water partition coefficient (Wildman–Crippen LogP) is 2.13. The van der Waals surface area contributed by atoms with Gasteiger partial charge in [0.2, 0.25) is 0 Å². The smallest absolute Gasteiger partial charge is 0.315 e. The topological polar surface area (TPSA) is 61.4 Å². The van der Waals surface area contributed by atoms with Crippen molar-refractivity contribution in [1.29, 1.82) is 0 Å². The van der Waals surface area contributed by atoms with Gasteiger partial charge in [-0.15, -0.1) is 0 Å². The highest BCUT2D eigenvalue weighted by Gasteiger charge is 2.26. The molecule has 0 radical (unpaired) electrons. The van der Waals surface area contributed by atoms with Crippen LogP contribution in [0.15, 0.2) is 24.3 Å². The number of hydrogen-bond acceptors (Lipinski definition) is 2. The maximum absolute atomic E-state index is 13.7. The SMILES string of the molecule is CCC(CO)NC(=O)NC(C)(C)c1ccccc1F. The molecule has 19 heavy (non-hydrogen) atoms. The van der Waals surface area contributed by atoms with Crippen LogP contribution < -0.4 is 10.6 Å².